The summed E-state index contributed by atoms with van der Waals surface area (Å²) in [7, 11) is 2.65. The number of nitrogens with zero attached hydrogens (tertiary/aromatic N) is 1. The molecule has 0 saturated carbocycles. The van der Waals surface area contributed by atoms with Crippen LogP contribution in [0.25, 0.3) is 0 Å². The summed E-state index contributed by atoms with van der Waals surface area (Å²) in [5.74, 6) is -1.70. The summed E-state index contributed by atoms with van der Waals surface area (Å²) in [5, 5.41) is -0.0582. The average Bonchev–Trinajstić information content (AvgIpc) is 2.31. The standard InChI is InChI=1S/C11H11ClFNO3/c1-14(6-10(15)17-2)11(16)7-3-4-8(12)9(13)5-7/h3-5H,6H2,1-2H3. The van der Waals surface area contributed by atoms with E-state index < -0.39 is 17.7 Å². The molecule has 0 atom stereocenters. The van der Waals surface area contributed by atoms with Gasteiger partial charge in [-0.25, -0.2) is 4.39 Å². The number of amides is 1. The zero-order valence-corrected chi connectivity index (χ0v) is 10.1. The molecule has 17 heavy (non-hydrogen) atoms. The van der Waals surface area contributed by atoms with Crippen LogP contribution in [0.5, 0.6) is 0 Å². The molecule has 6 heteroatoms. The van der Waals surface area contributed by atoms with Gasteiger partial charge in [0.25, 0.3) is 5.91 Å². The molecule has 1 amide bonds. The maximum absolute atomic E-state index is 13.1. The Bertz CT molecular complexity index is 450. The molecule has 4 nitrogen and oxygen atoms in total. The lowest BCUT2D eigenvalue weighted by molar-refractivity contribution is -0.141. The molecule has 92 valence electrons. The molecule has 0 heterocycles. The summed E-state index contributed by atoms with van der Waals surface area (Å²) in [6.07, 6.45) is 0. The molecular formula is C11H11ClFNO3. The Hall–Kier alpha value is -1.62. The van der Waals surface area contributed by atoms with E-state index in [0.717, 1.165) is 11.0 Å². The van der Waals surface area contributed by atoms with Gasteiger partial charge < -0.3 is 9.64 Å². The fraction of sp³-hybridized carbons (Fsp3) is 0.273. The van der Waals surface area contributed by atoms with Crippen molar-refractivity contribution in [1.29, 1.82) is 0 Å². The Kier molecular flexibility index (Phi) is 4.45. The van der Waals surface area contributed by atoms with Crippen LogP contribution >= 0.6 is 11.6 Å². The molecule has 0 fully saturated rings. The SMILES string of the molecule is COC(=O)CN(C)C(=O)c1ccc(Cl)c(F)c1. The first-order valence-electron chi connectivity index (χ1n) is 4.73. The molecule has 0 bridgehead atoms. The van der Waals surface area contributed by atoms with Crippen LogP contribution in [0.2, 0.25) is 5.02 Å². The number of methoxy groups -OCH3 is 1. The van der Waals surface area contributed by atoms with Gasteiger partial charge in [-0.2, -0.15) is 0 Å². The lowest BCUT2D eigenvalue weighted by Crippen LogP contribution is -2.32. The molecule has 0 N–H and O–H groups in total. The van der Waals surface area contributed by atoms with Crippen molar-refractivity contribution < 1.29 is 18.7 Å². The molecule has 0 unspecified atom stereocenters. The van der Waals surface area contributed by atoms with Gasteiger partial charge in [-0.15, -0.1) is 0 Å². The third-order valence-corrected chi connectivity index (χ3v) is 2.41. The number of likely N-dealkylation sites (N-methyl/N-ethyl adjacent to an activating group) is 1. The van der Waals surface area contributed by atoms with Crippen LogP contribution in [0.3, 0.4) is 0 Å². The first-order chi connectivity index (χ1) is 7.95. The molecule has 0 aromatic heterocycles. The van der Waals surface area contributed by atoms with Crippen molar-refractivity contribution in [1.82, 2.24) is 4.90 Å². The van der Waals surface area contributed by atoms with Crippen LogP contribution < -0.4 is 0 Å². The molecule has 0 spiro atoms. The summed E-state index contributed by atoms with van der Waals surface area (Å²) in [6, 6.07) is 3.70. The van der Waals surface area contributed by atoms with Crippen LogP contribution in [-0.2, 0) is 9.53 Å². The van der Waals surface area contributed by atoms with E-state index in [9.17, 15) is 14.0 Å². The second kappa shape index (κ2) is 5.63. The molecular weight excluding hydrogens is 249 g/mol. The number of ether oxygens (including phenoxy) is 1. The summed E-state index contributed by atoms with van der Waals surface area (Å²) >= 11 is 5.50. The molecule has 0 aliphatic rings. The van der Waals surface area contributed by atoms with Crippen molar-refractivity contribution in [2.24, 2.45) is 0 Å². The molecule has 0 aliphatic carbocycles. The smallest absolute Gasteiger partial charge is 0.325 e. The summed E-state index contributed by atoms with van der Waals surface area (Å²) in [4.78, 5) is 23.9. The molecule has 0 aliphatic heterocycles. The van der Waals surface area contributed by atoms with E-state index in [1.165, 1.54) is 26.3 Å². The second-order valence-electron chi connectivity index (χ2n) is 3.37. The van der Waals surface area contributed by atoms with Crippen LogP contribution in [0, 0.1) is 5.82 Å². The van der Waals surface area contributed by atoms with E-state index in [4.69, 9.17) is 11.6 Å². The van der Waals surface area contributed by atoms with E-state index in [2.05, 4.69) is 4.74 Å². The fourth-order valence-corrected chi connectivity index (χ4v) is 1.30. The largest absolute Gasteiger partial charge is 0.468 e. The van der Waals surface area contributed by atoms with E-state index >= 15 is 0 Å². The predicted octanol–water partition coefficient (Wildman–Crippen LogP) is 1.72. The van der Waals surface area contributed by atoms with Crippen molar-refractivity contribution in [2.45, 2.75) is 0 Å². The highest BCUT2D eigenvalue weighted by molar-refractivity contribution is 6.30. The van der Waals surface area contributed by atoms with Crippen LogP contribution in [0.4, 0.5) is 4.39 Å². The van der Waals surface area contributed by atoms with E-state index in [1.807, 2.05) is 0 Å². The Morgan fingerprint density at radius 1 is 1.47 bits per heavy atom. The topological polar surface area (TPSA) is 46.6 Å². The summed E-state index contributed by atoms with van der Waals surface area (Å²) < 4.78 is 17.6. The van der Waals surface area contributed by atoms with E-state index in [0.29, 0.717) is 0 Å². The number of carbonyl (C=O) groups excluding carboxylic acids is 2. The second-order valence-corrected chi connectivity index (χ2v) is 3.77. The first kappa shape index (κ1) is 13.4. The van der Waals surface area contributed by atoms with Crippen molar-refractivity contribution >= 4 is 23.5 Å². The van der Waals surface area contributed by atoms with Gasteiger partial charge in [0.1, 0.15) is 12.4 Å². The molecule has 0 saturated heterocycles. The third kappa shape index (κ3) is 3.42. The van der Waals surface area contributed by atoms with Gasteiger partial charge in [-0.1, -0.05) is 11.6 Å². The molecule has 0 radical (unpaired) electrons. The van der Waals surface area contributed by atoms with Gasteiger partial charge in [0.05, 0.1) is 12.1 Å². The fourth-order valence-electron chi connectivity index (χ4n) is 1.18. The number of rotatable bonds is 3. The Labute approximate surface area is 103 Å². The maximum atomic E-state index is 13.1. The zero-order valence-electron chi connectivity index (χ0n) is 9.37. The van der Waals surface area contributed by atoms with Gasteiger partial charge in [0.2, 0.25) is 0 Å². The quantitative estimate of drug-likeness (QED) is 0.777. The van der Waals surface area contributed by atoms with Gasteiger partial charge >= 0.3 is 5.97 Å². The Morgan fingerprint density at radius 3 is 2.65 bits per heavy atom. The number of esters is 1. The number of hydrogen-bond donors (Lipinski definition) is 0. The zero-order chi connectivity index (χ0) is 13.0. The Balaban J connectivity index is 2.81. The third-order valence-electron chi connectivity index (χ3n) is 2.11. The van der Waals surface area contributed by atoms with Gasteiger partial charge in [0.15, 0.2) is 0 Å². The number of hydrogen-bond acceptors (Lipinski definition) is 3. The molecule has 1 aromatic carbocycles. The van der Waals surface area contributed by atoms with Crippen LogP contribution in [0.15, 0.2) is 18.2 Å². The van der Waals surface area contributed by atoms with Crippen molar-refractivity contribution in [3.63, 3.8) is 0 Å². The van der Waals surface area contributed by atoms with Gasteiger partial charge in [0, 0.05) is 12.6 Å². The highest BCUT2D eigenvalue weighted by atomic mass is 35.5. The monoisotopic (exact) mass is 259 g/mol. The van der Waals surface area contributed by atoms with Crippen LogP contribution in [-0.4, -0.2) is 37.5 Å². The summed E-state index contributed by atoms with van der Waals surface area (Å²) in [6.45, 7) is -0.195. The average molecular weight is 260 g/mol. The number of carbonyl (C=O) groups is 2. The van der Waals surface area contributed by atoms with Crippen molar-refractivity contribution in [3.05, 3.63) is 34.6 Å². The minimum absolute atomic E-state index is 0.0582. The van der Waals surface area contributed by atoms with Gasteiger partial charge in [-0.05, 0) is 18.2 Å². The molecule has 1 rings (SSSR count). The van der Waals surface area contributed by atoms with Crippen molar-refractivity contribution in [2.75, 3.05) is 20.7 Å². The Morgan fingerprint density at radius 2 is 2.12 bits per heavy atom. The first-order valence-corrected chi connectivity index (χ1v) is 5.11. The van der Waals surface area contributed by atoms with Gasteiger partial charge in [-0.3, -0.25) is 9.59 Å². The number of benzene rings is 1. The highest BCUT2D eigenvalue weighted by Crippen LogP contribution is 2.16. The number of halogens is 2. The van der Waals surface area contributed by atoms with Crippen molar-refractivity contribution in [3.8, 4) is 0 Å². The maximum Gasteiger partial charge on any atom is 0.325 e. The molecule has 1 aromatic rings. The van der Waals surface area contributed by atoms with E-state index in [1.54, 1.807) is 0 Å². The normalized spacial score (nSPS) is 9.88. The highest BCUT2D eigenvalue weighted by Gasteiger charge is 2.16. The minimum Gasteiger partial charge on any atom is -0.468 e. The van der Waals surface area contributed by atoms with Crippen LogP contribution in [0.1, 0.15) is 10.4 Å². The summed E-state index contributed by atoms with van der Waals surface area (Å²) in [5.41, 5.74) is 0.123. The van der Waals surface area contributed by atoms with E-state index in [-0.39, 0.29) is 17.1 Å². The minimum atomic E-state index is -0.677. The lowest BCUT2D eigenvalue weighted by atomic mass is 10.2. The predicted molar refractivity (Wildman–Crippen MR) is 60.4 cm³/mol. The lowest BCUT2D eigenvalue weighted by Gasteiger charge is -2.15.